The van der Waals surface area contributed by atoms with E-state index in [1.165, 1.54) is 12.8 Å². The van der Waals surface area contributed by atoms with E-state index in [0.717, 1.165) is 36.9 Å². The third kappa shape index (κ3) is 3.61. The smallest absolute Gasteiger partial charge is 0.287 e. The van der Waals surface area contributed by atoms with Crippen molar-refractivity contribution < 1.29 is 9.53 Å². The summed E-state index contributed by atoms with van der Waals surface area (Å²) in [6, 6.07) is 7.65. The third-order valence-electron chi connectivity index (χ3n) is 3.87. The van der Waals surface area contributed by atoms with Gasteiger partial charge in [0.05, 0.1) is 17.1 Å². The van der Waals surface area contributed by atoms with Crippen molar-refractivity contribution in [3.8, 4) is 0 Å². The first-order valence-corrected chi connectivity index (χ1v) is 7.67. The summed E-state index contributed by atoms with van der Waals surface area (Å²) in [7, 11) is 0. The molecule has 1 fully saturated rings. The van der Waals surface area contributed by atoms with Crippen LogP contribution in [-0.4, -0.2) is 35.1 Å². The lowest BCUT2D eigenvalue weighted by atomic mass is 10.1. The predicted molar refractivity (Wildman–Crippen MR) is 81.3 cm³/mol. The van der Waals surface area contributed by atoms with E-state index in [-0.39, 0.29) is 5.91 Å². The molecule has 0 radical (unpaired) electrons. The Morgan fingerprint density at radius 3 is 3.10 bits per heavy atom. The normalized spacial score (nSPS) is 18.2. The summed E-state index contributed by atoms with van der Waals surface area (Å²) >= 11 is 0. The third-order valence-corrected chi connectivity index (χ3v) is 3.87. The van der Waals surface area contributed by atoms with Crippen molar-refractivity contribution >= 4 is 16.9 Å². The van der Waals surface area contributed by atoms with E-state index in [2.05, 4.69) is 15.3 Å². The fourth-order valence-corrected chi connectivity index (χ4v) is 2.71. The van der Waals surface area contributed by atoms with Crippen molar-refractivity contribution in [2.24, 2.45) is 0 Å². The lowest BCUT2D eigenvalue weighted by Gasteiger charge is -2.08. The lowest BCUT2D eigenvalue weighted by Crippen LogP contribution is -2.25. The number of H-pyrrole nitrogens is 1. The number of hydrogen-bond acceptors (Lipinski definition) is 3. The van der Waals surface area contributed by atoms with Crippen molar-refractivity contribution in [1.29, 1.82) is 0 Å². The second-order valence-electron chi connectivity index (χ2n) is 5.49. The van der Waals surface area contributed by atoms with Gasteiger partial charge in [0.25, 0.3) is 5.91 Å². The summed E-state index contributed by atoms with van der Waals surface area (Å²) in [5.41, 5.74) is 1.71. The van der Waals surface area contributed by atoms with Crippen LogP contribution in [0.3, 0.4) is 0 Å². The number of nitrogens with one attached hydrogen (secondary N) is 2. The molecule has 0 unspecified atom stereocenters. The van der Waals surface area contributed by atoms with Gasteiger partial charge in [0.1, 0.15) is 0 Å². The van der Waals surface area contributed by atoms with Gasteiger partial charge in [-0.1, -0.05) is 12.1 Å². The monoisotopic (exact) mass is 287 g/mol. The summed E-state index contributed by atoms with van der Waals surface area (Å²) in [5.74, 6) is 0.249. The SMILES string of the molecule is O=C(NCCCC[C@H]1CCCO1)c1nc2ccccc2[nH]1. The maximum Gasteiger partial charge on any atom is 0.287 e. The van der Waals surface area contributed by atoms with Crippen LogP contribution >= 0.6 is 0 Å². The predicted octanol–water partition coefficient (Wildman–Crippen LogP) is 2.64. The van der Waals surface area contributed by atoms with Crippen LogP contribution in [0.5, 0.6) is 0 Å². The number of imidazole rings is 1. The van der Waals surface area contributed by atoms with Crippen molar-refractivity contribution in [1.82, 2.24) is 15.3 Å². The van der Waals surface area contributed by atoms with E-state index < -0.39 is 0 Å². The molecule has 0 saturated carbocycles. The Kier molecular flexibility index (Phi) is 4.50. The average Bonchev–Trinajstić information content (AvgIpc) is 3.15. The summed E-state index contributed by atoms with van der Waals surface area (Å²) in [4.78, 5) is 19.3. The highest BCUT2D eigenvalue weighted by Crippen LogP contribution is 2.17. The number of aromatic nitrogens is 2. The topological polar surface area (TPSA) is 67.0 Å². The van der Waals surface area contributed by atoms with Gasteiger partial charge in [0, 0.05) is 13.2 Å². The first kappa shape index (κ1) is 14.1. The molecule has 1 aromatic carbocycles. The summed E-state index contributed by atoms with van der Waals surface area (Å²) in [5, 5.41) is 2.91. The molecule has 3 rings (SSSR count). The number of benzene rings is 1. The molecule has 112 valence electrons. The van der Waals surface area contributed by atoms with Gasteiger partial charge in [0.2, 0.25) is 0 Å². The van der Waals surface area contributed by atoms with Gasteiger partial charge >= 0.3 is 0 Å². The van der Waals surface area contributed by atoms with Gasteiger partial charge in [-0.05, 0) is 44.2 Å². The van der Waals surface area contributed by atoms with Gasteiger partial charge in [-0.3, -0.25) is 4.79 Å². The number of ether oxygens (including phenoxy) is 1. The Morgan fingerprint density at radius 2 is 2.29 bits per heavy atom. The number of carbonyl (C=O) groups excluding carboxylic acids is 1. The minimum absolute atomic E-state index is 0.136. The highest BCUT2D eigenvalue weighted by molar-refractivity contribution is 5.94. The van der Waals surface area contributed by atoms with Gasteiger partial charge in [0.15, 0.2) is 5.82 Å². The van der Waals surface area contributed by atoms with E-state index in [9.17, 15) is 4.79 Å². The van der Waals surface area contributed by atoms with Gasteiger partial charge < -0.3 is 15.0 Å². The zero-order valence-electron chi connectivity index (χ0n) is 12.1. The Balaban J connectivity index is 1.41. The number of rotatable bonds is 6. The van der Waals surface area contributed by atoms with Crippen molar-refractivity contribution in [2.45, 2.75) is 38.2 Å². The Morgan fingerprint density at radius 1 is 1.38 bits per heavy atom. The molecule has 0 aliphatic carbocycles. The first-order valence-electron chi connectivity index (χ1n) is 7.67. The maximum absolute atomic E-state index is 12.0. The lowest BCUT2D eigenvalue weighted by molar-refractivity contribution is 0.0938. The molecule has 2 heterocycles. The van der Waals surface area contributed by atoms with E-state index in [1.807, 2.05) is 24.3 Å². The molecule has 1 aliphatic heterocycles. The van der Waals surface area contributed by atoms with E-state index in [1.54, 1.807) is 0 Å². The van der Waals surface area contributed by atoms with E-state index >= 15 is 0 Å². The highest BCUT2D eigenvalue weighted by Gasteiger charge is 2.14. The number of unbranched alkanes of at least 4 members (excludes halogenated alkanes) is 1. The molecule has 2 N–H and O–H groups in total. The van der Waals surface area contributed by atoms with Crippen LogP contribution in [0.15, 0.2) is 24.3 Å². The summed E-state index contributed by atoms with van der Waals surface area (Å²) < 4.78 is 5.58. The number of aromatic amines is 1. The Hall–Kier alpha value is -1.88. The van der Waals surface area contributed by atoms with Crippen molar-refractivity contribution in [3.05, 3.63) is 30.1 Å². The van der Waals surface area contributed by atoms with Crippen LogP contribution in [0.25, 0.3) is 11.0 Å². The van der Waals surface area contributed by atoms with Crippen LogP contribution in [0.1, 0.15) is 42.7 Å². The summed E-state index contributed by atoms with van der Waals surface area (Å²) in [6.45, 7) is 1.59. The molecule has 1 aromatic heterocycles. The quantitative estimate of drug-likeness (QED) is 0.803. The highest BCUT2D eigenvalue weighted by atomic mass is 16.5. The molecule has 1 aliphatic rings. The van der Waals surface area contributed by atoms with Gasteiger partial charge in [-0.2, -0.15) is 0 Å². The maximum atomic E-state index is 12.0. The Labute approximate surface area is 124 Å². The molecule has 1 amide bonds. The summed E-state index contributed by atoms with van der Waals surface area (Å²) in [6.07, 6.45) is 5.98. The minimum Gasteiger partial charge on any atom is -0.378 e. The molecule has 1 saturated heterocycles. The molecule has 0 bridgehead atoms. The first-order chi connectivity index (χ1) is 10.3. The second-order valence-corrected chi connectivity index (χ2v) is 5.49. The molecule has 0 spiro atoms. The minimum atomic E-state index is -0.136. The average molecular weight is 287 g/mol. The molecule has 2 aromatic rings. The number of nitrogens with zero attached hydrogens (tertiary/aromatic N) is 1. The Bertz CT molecular complexity index is 569. The molecule has 21 heavy (non-hydrogen) atoms. The van der Waals surface area contributed by atoms with Crippen LogP contribution in [0, 0.1) is 0 Å². The van der Waals surface area contributed by atoms with Crippen molar-refractivity contribution in [2.75, 3.05) is 13.2 Å². The number of para-hydroxylation sites is 2. The second kappa shape index (κ2) is 6.72. The molecule has 5 heteroatoms. The van der Waals surface area contributed by atoms with Gasteiger partial charge in [-0.15, -0.1) is 0 Å². The largest absolute Gasteiger partial charge is 0.378 e. The van der Waals surface area contributed by atoms with Crippen LogP contribution in [0.2, 0.25) is 0 Å². The van der Waals surface area contributed by atoms with Gasteiger partial charge in [-0.25, -0.2) is 4.98 Å². The van der Waals surface area contributed by atoms with Crippen LogP contribution in [0.4, 0.5) is 0 Å². The van der Waals surface area contributed by atoms with E-state index in [4.69, 9.17) is 4.74 Å². The molecular formula is C16H21N3O2. The van der Waals surface area contributed by atoms with Crippen LogP contribution in [-0.2, 0) is 4.74 Å². The fourth-order valence-electron chi connectivity index (χ4n) is 2.71. The van der Waals surface area contributed by atoms with E-state index in [0.29, 0.717) is 18.5 Å². The van der Waals surface area contributed by atoms with Crippen LogP contribution < -0.4 is 5.32 Å². The molecule has 1 atom stereocenters. The standard InChI is InChI=1S/C16H21N3O2/c20-16(15-18-13-8-1-2-9-14(13)19-15)17-10-4-3-6-12-7-5-11-21-12/h1-2,8-9,12H,3-7,10-11H2,(H,17,20)(H,18,19)/t12-/m0/s1. The number of amides is 1. The zero-order valence-corrected chi connectivity index (χ0v) is 12.1. The fraction of sp³-hybridized carbons (Fsp3) is 0.500. The number of fused-ring (bicyclic) bond motifs is 1. The number of hydrogen-bond donors (Lipinski definition) is 2. The zero-order chi connectivity index (χ0) is 14.5. The number of carbonyl (C=O) groups is 1. The van der Waals surface area contributed by atoms with Crippen molar-refractivity contribution in [3.63, 3.8) is 0 Å². The molecule has 5 nitrogen and oxygen atoms in total. The molecular weight excluding hydrogens is 266 g/mol.